The third-order valence-electron chi connectivity index (χ3n) is 10.0. The van der Waals surface area contributed by atoms with Gasteiger partial charge in [0.05, 0.1) is 0 Å². The molecule has 2 amide bonds. The first-order chi connectivity index (χ1) is 36.2. The number of aliphatic hydroxyl groups excluding tert-OH is 4. The van der Waals surface area contributed by atoms with Crippen LogP contribution >= 0.6 is 15.9 Å². The molecule has 0 aliphatic carbocycles. The topological polar surface area (TPSA) is 214 Å². The van der Waals surface area contributed by atoms with Crippen LogP contribution in [0.2, 0.25) is 0 Å². The van der Waals surface area contributed by atoms with E-state index in [1.54, 1.807) is 0 Å². The molecule has 0 spiro atoms. The van der Waals surface area contributed by atoms with Gasteiger partial charge in [-0.15, -0.1) is 6.42 Å². The Morgan fingerprint density at radius 3 is 1.32 bits per heavy atom. The Balaban J connectivity index is -0.000000223. The smallest absolute Gasteiger partial charge is 1.00 e. The second-order valence-corrected chi connectivity index (χ2v) is 17.5. The predicted octanol–water partition coefficient (Wildman–Crippen LogP) is 3.25. The zero-order valence-electron chi connectivity index (χ0n) is 47.2. The van der Waals surface area contributed by atoms with Gasteiger partial charge in [-0.3, -0.25) is 14.4 Å². The van der Waals surface area contributed by atoms with Crippen LogP contribution in [-0.2, 0) is 38.5 Å². The van der Waals surface area contributed by atoms with Gasteiger partial charge in [-0.2, -0.15) is 26.3 Å². The summed E-state index contributed by atoms with van der Waals surface area (Å²) in [5.41, 5.74) is 10.4. The van der Waals surface area contributed by atoms with Gasteiger partial charge in [0.25, 0.3) is 6.47 Å². The predicted molar refractivity (Wildman–Crippen MR) is 289 cm³/mol. The molecule has 0 aliphatic heterocycles. The number of rotatable bonds is 24. The summed E-state index contributed by atoms with van der Waals surface area (Å²) in [6.45, 7) is 6.90. The molecule has 0 heterocycles. The zero-order valence-corrected chi connectivity index (χ0v) is 54.0. The van der Waals surface area contributed by atoms with Gasteiger partial charge >= 0.3 is 127 Å². The van der Waals surface area contributed by atoms with Crippen molar-refractivity contribution < 1.29 is 175 Å². The summed E-state index contributed by atoms with van der Waals surface area (Å²) in [5.74, 6) is 10.2. The molecular formula is C57H80BrF6K2N3O9. The molecule has 0 saturated heterocycles. The van der Waals surface area contributed by atoms with Crippen molar-refractivity contribution in [1.29, 1.82) is 0 Å². The second-order valence-electron chi connectivity index (χ2n) is 16.6. The van der Waals surface area contributed by atoms with E-state index in [1.807, 2.05) is 71.3 Å². The molecule has 428 valence electrons. The number of alkyl halides is 6. The maximum absolute atomic E-state index is 12.1. The first kappa shape index (κ1) is 84.6. The van der Waals surface area contributed by atoms with Crippen molar-refractivity contribution in [2.24, 2.45) is 5.73 Å². The Morgan fingerprint density at radius 1 is 0.654 bits per heavy atom. The molecule has 3 atom stereocenters. The third kappa shape index (κ3) is 53.2. The van der Waals surface area contributed by atoms with Crippen LogP contribution in [0.25, 0.3) is 0 Å². The van der Waals surface area contributed by atoms with Crippen molar-refractivity contribution in [2.75, 3.05) is 26.7 Å². The first-order valence-electron chi connectivity index (χ1n) is 25.2. The van der Waals surface area contributed by atoms with E-state index in [0.717, 1.165) is 98.0 Å². The van der Waals surface area contributed by atoms with Crippen molar-refractivity contribution in [3.05, 3.63) is 105 Å². The number of amides is 2. The fourth-order valence-electron chi connectivity index (χ4n) is 6.12. The third-order valence-corrected chi connectivity index (χ3v) is 10.5. The normalized spacial score (nSPS) is 11.0. The van der Waals surface area contributed by atoms with Gasteiger partial charge in [-0.05, 0) is 137 Å². The van der Waals surface area contributed by atoms with Gasteiger partial charge in [0.15, 0.2) is 0 Å². The summed E-state index contributed by atoms with van der Waals surface area (Å²) in [4.78, 5) is 32.4. The average molecular weight is 1220 g/mol. The van der Waals surface area contributed by atoms with Crippen LogP contribution in [-0.4, -0.2) is 96.1 Å². The Morgan fingerprint density at radius 2 is 1.00 bits per heavy atom. The molecule has 3 aromatic carbocycles. The van der Waals surface area contributed by atoms with Crippen molar-refractivity contribution in [3.8, 4) is 36.0 Å². The summed E-state index contributed by atoms with van der Waals surface area (Å²) in [7, 11) is 1.00. The van der Waals surface area contributed by atoms with Gasteiger partial charge in [-0.1, -0.05) is 141 Å². The number of hydrogen-bond acceptors (Lipinski definition) is 10. The standard InChI is InChI=1S/C19H24F3NO2.C17H25NO.C11H11BrF3NO.C8H14O.CH2O3.CH4O.2K.H/c1-2-3-4-10-17(24)12-11-16-8-5-7-15(14-16)9-6-13-23-18(25)19(20,21)22;1-2-3-4-10-17(19)12-11-16-8-5-7-15(14-16)9-6-13-18;12-9-5-1-3-8(7-9)4-2-6-16-10(17)11(13,14)15;1-3-5-6-7-8(9)4-2;2-1-4-3;1-2;;;/h5,7-8,14,17,24H,2-4,6,9-10,13H2,1H3,(H,23,25);5,7-8,14,17,19H,2-4,6,9-10,13,18H2,1H3;1,3,5,7H,2,4,6H2,(H,16,17);2,8-9H,3,5-7H2,1H3;1,3H;2H,1H3;;;/q;;;;;;2*+1;-1/p-1/t2*17-;;8-;;;;;/m00.1...../s1. The zero-order chi connectivity index (χ0) is 58.0. The van der Waals surface area contributed by atoms with Gasteiger partial charge in [0.2, 0.25) is 0 Å². The van der Waals surface area contributed by atoms with Crippen LogP contribution in [0, 0.1) is 36.0 Å². The summed E-state index contributed by atoms with van der Waals surface area (Å²) < 4.78 is 72.6. The number of carbonyl (C=O) groups is 3. The minimum atomic E-state index is -4.84. The minimum absolute atomic E-state index is 0. The molecule has 0 radical (unpaired) electrons. The number of benzene rings is 3. The Bertz CT molecular complexity index is 2150. The summed E-state index contributed by atoms with van der Waals surface area (Å²) in [5, 5.41) is 47.5. The van der Waals surface area contributed by atoms with Crippen molar-refractivity contribution in [3.63, 3.8) is 0 Å². The number of aryl methyl sites for hydroxylation is 3. The average Bonchev–Trinajstić information content (AvgIpc) is 3.40. The molecule has 3 rings (SSSR count). The fraction of sp³-hybridized carbons (Fsp3) is 0.526. The molecule has 8 N–H and O–H groups in total. The minimum Gasteiger partial charge on any atom is -1.00 e. The van der Waals surface area contributed by atoms with Crippen LogP contribution in [0.15, 0.2) is 77.3 Å². The molecule has 0 aromatic heterocycles. The molecule has 0 unspecified atom stereocenters. The SMILES string of the molecule is C#C[C@@H](O)CCCCC.CCCCC[C@H](O)C#Cc1cccc(CCCN)c1.CCCCC[C@H](O)C#Cc1cccc(CCCNC(=O)C(F)(F)F)c1.CO.O=C(NCCCc1cccc(Br)c1)C(F)(F)F.O=CO[O-].[H-].[K+].[K+]. The summed E-state index contributed by atoms with van der Waals surface area (Å²) >= 11 is 3.30. The van der Waals surface area contributed by atoms with E-state index >= 15 is 0 Å². The Labute approximate surface area is 554 Å². The van der Waals surface area contributed by atoms with Gasteiger partial charge < -0.3 is 48.4 Å². The molecule has 21 heteroatoms. The van der Waals surface area contributed by atoms with E-state index < -0.39 is 42.5 Å². The molecule has 3 aromatic rings. The monoisotopic (exact) mass is 1220 g/mol. The number of carbonyl (C=O) groups excluding carboxylic acids is 3. The van der Waals surface area contributed by atoms with Crippen LogP contribution in [0.5, 0.6) is 0 Å². The van der Waals surface area contributed by atoms with Gasteiger partial charge in [-0.25, -0.2) is 0 Å². The largest absolute Gasteiger partial charge is 1.00 e. The number of terminal acetylenes is 1. The molecule has 78 heavy (non-hydrogen) atoms. The van der Waals surface area contributed by atoms with E-state index in [2.05, 4.69) is 83.3 Å². The van der Waals surface area contributed by atoms with E-state index in [9.17, 15) is 46.1 Å². The summed E-state index contributed by atoms with van der Waals surface area (Å²) in [6, 6.07) is 23.0. The van der Waals surface area contributed by atoms with Gasteiger partial charge in [0.1, 0.15) is 18.3 Å². The van der Waals surface area contributed by atoms with Crippen molar-refractivity contribution >= 4 is 34.2 Å². The fourth-order valence-corrected chi connectivity index (χ4v) is 6.57. The number of hydrogen-bond donors (Lipinski definition) is 7. The molecule has 12 nitrogen and oxygen atoms in total. The molecular weight excluding hydrogens is 1140 g/mol. The Hall–Kier alpha value is -2.16. The molecule has 0 bridgehead atoms. The summed E-state index contributed by atoms with van der Waals surface area (Å²) in [6.07, 6.45) is 9.71. The number of nitrogens with two attached hydrogens (primary N) is 1. The number of aliphatic hydroxyl groups is 4. The quantitative estimate of drug-likeness (QED) is 0.0132. The van der Waals surface area contributed by atoms with Gasteiger partial charge in [0, 0.05) is 35.8 Å². The molecule has 0 fully saturated rings. The van der Waals surface area contributed by atoms with Crippen LogP contribution in [0.3, 0.4) is 0 Å². The van der Waals surface area contributed by atoms with Crippen molar-refractivity contribution in [1.82, 2.24) is 10.6 Å². The van der Waals surface area contributed by atoms with Crippen molar-refractivity contribution in [2.45, 2.75) is 167 Å². The molecule has 0 saturated carbocycles. The first-order valence-corrected chi connectivity index (χ1v) is 26.0. The maximum atomic E-state index is 12.1. The van der Waals surface area contributed by atoms with E-state index in [-0.39, 0.29) is 124 Å². The van der Waals surface area contributed by atoms with E-state index in [0.29, 0.717) is 38.6 Å². The number of nitrogens with one attached hydrogen (secondary N) is 2. The van der Waals surface area contributed by atoms with E-state index in [1.165, 1.54) is 24.8 Å². The Kier molecular flexibility index (Phi) is 61.5. The van der Waals surface area contributed by atoms with Crippen LogP contribution < -0.4 is 124 Å². The maximum Gasteiger partial charge on any atom is 1.00 e. The number of halogens is 7. The molecule has 0 aliphatic rings. The van der Waals surface area contributed by atoms with Crippen LogP contribution in [0.4, 0.5) is 26.3 Å². The van der Waals surface area contributed by atoms with E-state index in [4.69, 9.17) is 32.4 Å². The second kappa shape index (κ2) is 56.7. The van der Waals surface area contributed by atoms with Crippen LogP contribution in [0.1, 0.15) is 146 Å². The number of unbranched alkanes of at least 4 members (excludes halogenated alkanes) is 6.